The molecular formula is C18H29N3O3S. The minimum atomic E-state index is -0.250. The molecule has 0 radical (unpaired) electrons. The third kappa shape index (κ3) is 4.22. The van der Waals surface area contributed by atoms with E-state index in [0.29, 0.717) is 24.6 Å². The summed E-state index contributed by atoms with van der Waals surface area (Å²) in [5.41, 5.74) is 1.23. The molecule has 4 heterocycles. The van der Waals surface area contributed by atoms with Gasteiger partial charge in [-0.25, -0.2) is 4.98 Å². The zero-order chi connectivity index (χ0) is 17.8. The van der Waals surface area contributed by atoms with E-state index in [1.165, 1.54) is 49.5 Å². The molecule has 4 rings (SSSR count). The number of hydrogen-bond acceptors (Lipinski definition) is 6. The molecule has 0 saturated carbocycles. The van der Waals surface area contributed by atoms with Crippen LogP contribution in [0.4, 0.5) is 0 Å². The lowest BCUT2D eigenvalue weighted by atomic mass is 9.72. The lowest BCUT2D eigenvalue weighted by Crippen LogP contribution is -2.64. The Morgan fingerprint density at radius 2 is 2.12 bits per heavy atom. The van der Waals surface area contributed by atoms with Crippen molar-refractivity contribution >= 4 is 17.8 Å². The molecular weight excluding hydrogens is 338 g/mol. The molecule has 140 valence electrons. The fraction of sp³-hybridized carbons (Fsp3) is 0.778. The van der Waals surface area contributed by atoms with Gasteiger partial charge in [-0.1, -0.05) is 6.42 Å². The molecule has 1 aromatic rings. The van der Waals surface area contributed by atoms with E-state index >= 15 is 0 Å². The van der Waals surface area contributed by atoms with Gasteiger partial charge in [0.15, 0.2) is 0 Å². The van der Waals surface area contributed by atoms with Gasteiger partial charge < -0.3 is 10.2 Å². The molecule has 3 aliphatic rings. The number of aliphatic hydroxyl groups is 1. The molecule has 2 N–H and O–H groups in total. The van der Waals surface area contributed by atoms with Crippen molar-refractivity contribution in [1.82, 2.24) is 14.8 Å². The molecule has 4 atom stereocenters. The van der Waals surface area contributed by atoms with Crippen molar-refractivity contribution in [2.45, 2.75) is 51.2 Å². The van der Waals surface area contributed by atoms with Crippen LogP contribution in [0, 0.1) is 18.8 Å². The first-order valence-electron chi connectivity index (χ1n) is 9.24. The number of aliphatic hydroxyl groups excluding tert-OH is 1. The number of thiazole rings is 1. The van der Waals surface area contributed by atoms with Gasteiger partial charge in [0.1, 0.15) is 0 Å². The maximum atomic E-state index is 9.95. The third-order valence-corrected chi connectivity index (χ3v) is 6.76. The van der Waals surface area contributed by atoms with E-state index in [1.54, 1.807) is 11.3 Å². The lowest BCUT2D eigenvalue weighted by molar-refractivity contribution is -0.122. The second-order valence-corrected chi connectivity index (χ2v) is 8.53. The lowest BCUT2D eigenvalue weighted by Gasteiger charge is -2.56. The maximum Gasteiger partial charge on any atom is 0.290 e. The Morgan fingerprint density at radius 3 is 2.80 bits per heavy atom. The van der Waals surface area contributed by atoms with Crippen molar-refractivity contribution in [1.29, 1.82) is 0 Å². The van der Waals surface area contributed by atoms with E-state index in [9.17, 15) is 5.11 Å². The smallest absolute Gasteiger partial charge is 0.290 e. The highest BCUT2D eigenvalue weighted by atomic mass is 32.1. The first-order valence-corrected chi connectivity index (χ1v) is 10.1. The van der Waals surface area contributed by atoms with E-state index in [1.807, 2.05) is 0 Å². The second kappa shape index (κ2) is 8.58. The van der Waals surface area contributed by atoms with Crippen LogP contribution in [0.3, 0.4) is 0 Å². The number of hydrogen-bond donors (Lipinski definition) is 2. The summed E-state index contributed by atoms with van der Waals surface area (Å²) in [6.45, 7) is 6.70. The summed E-state index contributed by atoms with van der Waals surface area (Å²) >= 11 is 1.75. The molecule has 0 aliphatic carbocycles. The van der Waals surface area contributed by atoms with Gasteiger partial charge in [0, 0.05) is 37.1 Å². The van der Waals surface area contributed by atoms with Crippen LogP contribution < -0.4 is 0 Å². The average molecular weight is 368 g/mol. The largest absolute Gasteiger partial charge is 0.483 e. The first-order chi connectivity index (χ1) is 12.2. The fourth-order valence-corrected chi connectivity index (χ4v) is 5.70. The van der Waals surface area contributed by atoms with Crippen molar-refractivity contribution in [2.75, 3.05) is 26.2 Å². The number of piperidine rings is 3. The molecule has 0 spiro atoms. The molecule has 0 unspecified atom stereocenters. The Morgan fingerprint density at radius 1 is 1.36 bits per heavy atom. The summed E-state index contributed by atoms with van der Waals surface area (Å²) < 4.78 is 0. The molecule has 6 nitrogen and oxygen atoms in total. The number of nitrogens with zero attached hydrogens (tertiary/aromatic N) is 3. The van der Waals surface area contributed by atoms with Crippen molar-refractivity contribution in [2.24, 2.45) is 11.8 Å². The van der Waals surface area contributed by atoms with E-state index in [4.69, 9.17) is 9.90 Å². The van der Waals surface area contributed by atoms with Crippen LogP contribution in [0.25, 0.3) is 0 Å². The standard InChI is InChI=1S/C17H27N3OS.CH2O2/c1-12-18-15(11-22-12)9-19-7-13-6-14(8-19)17(10-21)20-5-3-2-4-16(13)20;2-1-3/h11,13-14,16-17,21H,2-10H2,1H3;1H,(H,2,3)/t13-,14+,16+,17+;/m1./s1. The Bertz CT molecular complexity index is 554. The second-order valence-electron chi connectivity index (χ2n) is 7.46. The van der Waals surface area contributed by atoms with Crippen LogP contribution in [0.1, 0.15) is 36.4 Å². The maximum absolute atomic E-state index is 9.95. The highest BCUT2D eigenvalue weighted by molar-refractivity contribution is 7.09. The number of likely N-dealkylation sites (tertiary alicyclic amines) is 1. The topological polar surface area (TPSA) is 76.9 Å². The summed E-state index contributed by atoms with van der Waals surface area (Å²) in [6, 6.07) is 1.10. The van der Waals surface area contributed by atoms with Crippen LogP contribution in [-0.4, -0.2) is 69.8 Å². The summed E-state index contributed by atoms with van der Waals surface area (Å²) in [5, 5.41) is 20.2. The summed E-state index contributed by atoms with van der Waals surface area (Å²) in [4.78, 5) is 18.3. The number of carbonyl (C=O) groups is 1. The normalized spacial score (nSPS) is 32.4. The Balaban J connectivity index is 0.000000569. The average Bonchev–Trinajstić information content (AvgIpc) is 3.01. The third-order valence-electron chi connectivity index (χ3n) is 5.94. The Labute approximate surface area is 153 Å². The van der Waals surface area contributed by atoms with Crippen molar-refractivity contribution in [3.05, 3.63) is 16.1 Å². The summed E-state index contributed by atoms with van der Waals surface area (Å²) in [7, 11) is 0. The van der Waals surface area contributed by atoms with Gasteiger partial charge in [0.2, 0.25) is 0 Å². The van der Waals surface area contributed by atoms with Crippen molar-refractivity contribution < 1.29 is 15.0 Å². The molecule has 3 aliphatic heterocycles. The predicted octanol–water partition coefficient (Wildman–Crippen LogP) is 1.82. The fourth-order valence-electron chi connectivity index (χ4n) is 5.09. The van der Waals surface area contributed by atoms with Crippen LogP contribution >= 0.6 is 11.3 Å². The molecule has 0 aromatic carbocycles. The van der Waals surface area contributed by atoms with Gasteiger partial charge in [-0.15, -0.1) is 11.3 Å². The minimum Gasteiger partial charge on any atom is -0.483 e. The van der Waals surface area contributed by atoms with E-state index in [2.05, 4.69) is 27.1 Å². The van der Waals surface area contributed by atoms with Crippen LogP contribution in [-0.2, 0) is 11.3 Å². The van der Waals surface area contributed by atoms with Crippen molar-refractivity contribution in [3.63, 3.8) is 0 Å². The quantitative estimate of drug-likeness (QED) is 0.794. The monoisotopic (exact) mass is 367 g/mol. The van der Waals surface area contributed by atoms with Gasteiger partial charge in [0.05, 0.1) is 17.3 Å². The number of carboxylic acid groups (broad SMARTS) is 1. The molecule has 3 fully saturated rings. The molecule has 25 heavy (non-hydrogen) atoms. The molecule has 1 aromatic heterocycles. The van der Waals surface area contributed by atoms with Gasteiger partial charge in [-0.05, 0) is 44.6 Å². The zero-order valence-electron chi connectivity index (χ0n) is 14.9. The number of fused-ring (bicyclic) bond motifs is 4. The minimum absolute atomic E-state index is 0.250. The van der Waals surface area contributed by atoms with Gasteiger partial charge in [-0.3, -0.25) is 14.6 Å². The Kier molecular flexibility index (Phi) is 6.44. The van der Waals surface area contributed by atoms with E-state index in [-0.39, 0.29) is 6.47 Å². The van der Waals surface area contributed by atoms with Gasteiger partial charge in [0.25, 0.3) is 6.47 Å². The highest BCUT2D eigenvalue weighted by Crippen LogP contribution is 2.41. The first kappa shape index (κ1) is 18.8. The summed E-state index contributed by atoms with van der Waals surface area (Å²) in [5.74, 6) is 1.43. The molecule has 3 saturated heterocycles. The SMILES string of the molecule is Cc1nc(CN2C[C@H]3C[C@@H](C2)[C@H](CO)N2CCCC[C@@H]32)cs1.O=CO. The molecule has 2 bridgehead atoms. The molecule has 0 amide bonds. The van der Waals surface area contributed by atoms with Crippen LogP contribution in [0.5, 0.6) is 0 Å². The van der Waals surface area contributed by atoms with Crippen molar-refractivity contribution in [3.8, 4) is 0 Å². The number of aryl methyl sites for hydroxylation is 1. The summed E-state index contributed by atoms with van der Waals surface area (Å²) in [6.07, 6.45) is 5.33. The van der Waals surface area contributed by atoms with E-state index < -0.39 is 0 Å². The highest BCUT2D eigenvalue weighted by Gasteiger charge is 2.46. The predicted molar refractivity (Wildman–Crippen MR) is 97.6 cm³/mol. The van der Waals surface area contributed by atoms with Gasteiger partial charge in [-0.2, -0.15) is 0 Å². The zero-order valence-corrected chi connectivity index (χ0v) is 15.7. The number of rotatable bonds is 3. The van der Waals surface area contributed by atoms with Gasteiger partial charge >= 0.3 is 0 Å². The van der Waals surface area contributed by atoms with Crippen LogP contribution in [0.2, 0.25) is 0 Å². The Hall–Kier alpha value is -1.02. The number of aromatic nitrogens is 1. The van der Waals surface area contributed by atoms with Crippen LogP contribution in [0.15, 0.2) is 5.38 Å². The van der Waals surface area contributed by atoms with E-state index in [0.717, 1.165) is 19.0 Å². The molecule has 7 heteroatoms.